The van der Waals surface area contributed by atoms with Gasteiger partial charge in [-0.25, -0.2) is 0 Å². The van der Waals surface area contributed by atoms with Crippen LogP contribution in [0.4, 0.5) is 0 Å². The van der Waals surface area contributed by atoms with Crippen LogP contribution in [0.3, 0.4) is 0 Å². The minimum Gasteiger partial charge on any atom is -0.0628 e. The van der Waals surface area contributed by atoms with Crippen LogP contribution in [0.2, 0.25) is 0 Å². The second kappa shape index (κ2) is 1.36. The molecule has 2 saturated carbocycles. The highest BCUT2D eigenvalue weighted by Gasteiger charge is 2.72. The first-order chi connectivity index (χ1) is 4.14. The maximum absolute atomic E-state index is 2.46. The molecule has 0 bridgehead atoms. The first-order valence-electron chi connectivity index (χ1n) is 4.14. The number of hydrogen-bond donors (Lipinski definition) is 0. The van der Waals surface area contributed by atoms with Crippen LogP contribution in [-0.4, -0.2) is 0 Å². The topological polar surface area (TPSA) is 0 Å². The van der Waals surface area contributed by atoms with Crippen molar-refractivity contribution in [1.29, 1.82) is 0 Å². The van der Waals surface area contributed by atoms with E-state index in [0.717, 1.165) is 11.3 Å². The maximum Gasteiger partial charge on any atom is -0.0261 e. The van der Waals surface area contributed by atoms with Gasteiger partial charge in [-0.05, 0) is 36.0 Å². The number of rotatable bonds is 2. The van der Waals surface area contributed by atoms with E-state index in [1.807, 2.05) is 0 Å². The van der Waals surface area contributed by atoms with Gasteiger partial charge in [0.05, 0.1) is 0 Å². The van der Waals surface area contributed by atoms with Crippen molar-refractivity contribution in [3.05, 3.63) is 0 Å². The van der Waals surface area contributed by atoms with Gasteiger partial charge in [0.2, 0.25) is 0 Å². The number of fused-ring (bicyclic) bond motifs is 1. The standard InChI is InChI=1S/C9H16/c1-6(2)5-9(3)7-4-8(7)9/h6-8H,4-5H2,1-3H3. The molecule has 2 unspecified atom stereocenters. The van der Waals surface area contributed by atoms with Gasteiger partial charge in [0.15, 0.2) is 0 Å². The molecule has 0 heteroatoms. The Morgan fingerprint density at radius 2 is 2.00 bits per heavy atom. The molecule has 2 aliphatic carbocycles. The van der Waals surface area contributed by atoms with Crippen LogP contribution in [-0.2, 0) is 0 Å². The van der Waals surface area contributed by atoms with Crippen molar-refractivity contribution < 1.29 is 0 Å². The highest BCUT2D eigenvalue weighted by molar-refractivity contribution is 5.20. The van der Waals surface area contributed by atoms with Crippen LogP contribution in [0.25, 0.3) is 0 Å². The fourth-order valence-electron chi connectivity index (χ4n) is 2.52. The second-order valence-electron chi connectivity index (χ2n) is 4.55. The molecule has 0 aromatic heterocycles. The summed E-state index contributed by atoms with van der Waals surface area (Å²) >= 11 is 0. The molecule has 0 aliphatic heterocycles. The molecule has 0 heterocycles. The highest BCUT2D eigenvalue weighted by atomic mass is 14.8. The summed E-state index contributed by atoms with van der Waals surface area (Å²) in [6.45, 7) is 7.14. The van der Waals surface area contributed by atoms with Gasteiger partial charge in [-0.15, -0.1) is 0 Å². The molecule has 2 aliphatic rings. The van der Waals surface area contributed by atoms with E-state index in [9.17, 15) is 0 Å². The van der Waals surface area contributed by atoms with Gasteiger partial charge in [-0.3, -0.25) is 0 Å². The summed E-state index contributed by atoms with van der Waals surface area (Å²) in [5.41, 5.74) is 0.828. The summed E-state index contributed by atoms with van der Waals surface area (Å²) < 4.78 is 0. The van der Waals surface area contributed by atoms with Crippen molar-refractivity contribution in [2.24, 2.45) is 23.2 Å². The van der Waals surface area contributed by atoms with Crippen molar-refractivity contribution in [3.63, 3.8) is 0 Å². The SMILES string of the molecule is CC(C)CC1(C)C2CC21. The zero-order valence-corrected chi connectivity index (χ0v) is 6.65. The van der Waals surface area contributed by atoms with Crippen LogP contribution in [0.1, 0.15) is 33.6 Å². The lowest BCUT2D eigenvalue weighted by atomic mass is 9.87. The summed E-state index contributed by atoms with van der Waals surface area (Å²) in [6, 6.07) is 0. The third-order valence-electron chi connectivity index (χ3n) is 3.22. The molecule has 0 amide bonds. The van der Waals surface area contributed by atoms with Gasteiger partial charge in [0, 0.05) is 0 Å². The Morgan fingerprint density at radius 1 is 1.44 bits per heavy atom. The van der Waals surface area contributed by atoms with Gasteiger partial charge in [-0.2, -0.15) is 0 Å². The van der Waals surface area contributed by atoms with E-state index >= 15 is 0 Å². The zero-order valence-electron chi connectivity index (χ0n) is 6.65. The summed E-state index contributed by atoms with van der Waals surface area (Å²) in [4.78, 5) is 0. The van der Waals surface area contributed by atoms with Gasteiger partial charge in [0.1, 0.15) is 0 Å². The minimum absolute atomic E-state index is 0.828. The second-order valence-corrected chi connectivity index (χ2v) is 4.55. The molecule has 0 saturated heterocycles. The lowest BCUT2D eigenvalue weighted by Gasteiger charge is -2.18. The smallest absolute Gasteiger partial charge is 0.0261 e. The van der Waals surface area contributed by atoms with Gasteiger partial charge < -0.3 is 0 Å². The molecule has 9 heavy (non-hydrogen) atoms. The molecule has 0 spiro atoms. The van der Waals surface area contributed by atoms with Crippen LogP contribution < -0.4 is 0 Å². The van der Waals surface area contributed by atoms with Crippen molar-refractivity contribution in [1.82, 2.24) is 0 Å². The fourth-order valence-corrected chi connectivity index (χ4v) is 2.52. The van der Waals surface area contributed by atoms with E-state index < -0.39 is 0 Å². The highest BCUT2D eigenvalue weighted by Crippen LogP contribution is 2.79. The van der Waals surface area contributed by atoms with Crippen molar-refractivity contribution in [3.8, 4) is 0 Å². The van der Waals surface area contributed by atoms with E-state index in [4.69, 9.17) is 0 Å². The predicted molar refractivity (Wildman–Crippen MR) is 39.2 cm³/mol. The van der Waals surface area contributed by atoms with Gasteiger partial charge in [0.25, 0.3) is 0 Å². The molecule has 52 valence electrons. The lowest BCUT2D eigenvalue weighted by molar-refractivity contribution is 0.322. The van der Waals surface area contributed by atoms with Gasteiger partial charge in [-0.1, -0.05) is 20.8 Å². The normalized spacial score (nSPS) is 53.3. The van der Waals surface area contributed by atoms with E-state index in [1.54, 1.807) is 6.42 Å². The molecule has 0 nitrogen and oxygen atoms in total. The Morgan fingerprint density at radius 3 is 2.11 bits per heavy atom. The van der Waals surface area contributed by atoms with E-state index in [0.29, 0.717) is 0 Å². The summed E-state index contributed by atoms with van der Waals surface area (Å²) in [7, 11) is 0. The molecule has 2 atom stereocenters. The van der Waals surface area contributed by atoms with Crippen LogP contribution in [0.15, 0.2) is 0 Å². The van der Waals surface area contributed by atoms with Crippen LogP contribution in [0, 0.1) is 23.2 Å². The van der Waals surface area contributed by atoms with E-state index in [-0.39, 0.29) is 0 Å². The Labute approximate surface area is 57.6 Å². The summed E-state index contributed by atoms with van der Waals surface area (Å²) in [5, 5.41) is 0. The van der Waals surface area contributed by atoms with Crippen molar-refractivity contribution in [2.75, 3.05) is 0 Å². The van der Waals surface area contributed by atoms with Crippen molar-refractivity contribution in [2.45, 2.75) is 33.6 Å². The number of hydrogen-bond acceptors (Lipinski definition) is 0. The Balaban J connectivity index is 1.87. The first kappa shape index (κ1) is 5.76. The van der Waals surface area contributed by atoms with E-state index in [2.05, 4.69) is 20.8 Å². The molecule has 0 aromatic carbocycles. The van der Waals surface area contributed by atoms with Crippen LogP contribution >= 0.6 is 0 Å². The predicted octanol–water partition coefficient (Wildman–Crippen LogP) is 2.69. The molecular weight excluding hydrogens is 108 g/mol. The van der Waals surface area contributed by atoms with E-state index in [1.165, 1.54) is 18.3 Å². The molecule has 2 rings (SSSR count). The van der Waals surface area contributed by atoms with Crippen LogP contribution in [0.5, 0.6) is 0 Å². The zero-order chi connectivity index (χ0) is 6.65. The molecule has 0 radical (unpaired) electrons. The first-order valence-corrected chi connectivity index (χ1v) is 4.14. The largest absolute Gasteiger partial charge is 0.0628 e. The monoisotopic (exact) mass is 124 g/mol. The molecule has 2 fully saturated rings. The maximum atomic E-state index is 2.46. The summed E-state index contributed by atoms with van der Waals surface area (Å²) in [6.07, 6.45) is 3.03. The Kier molecular flexibility index (Phi) is 0.868. The molecular formula is C9H16. The van der Waals surface area contributed by atoms with Gasteiger partial charge >= 0.3 is 0 Å². The minimum atomic E-state index is 0.828. The quantitative estimate of drug-likeness (QED) is 0.531. The average Bonchev–Trinajstić information content (AvgIpc) is 2.46. The average molecular weight is 124 g/mol. The van der Waals surface area contributed by atoms with Crippen molar-refractivity contribution >= 4 is 0 Å². The molecule has 0 N–H and O–H groups in total. The third kappa shape index (κ3) is 0.653. The molecule has 0 aromatic rings. The lowest BCUT2D eigenvalue weighted by Crippen LogP contribution is -2.08. The Hall–Kier alpha value is 0. The third-order valence-corrected chi connectivity index (χ3v) is 3.22. The Bertz CT molecular complexity index is 127. The summed E-state index contributed by atoms with van der Waals surface area (Å²) in [5.74, 6) is 3.25. The fraction of sp³-hybridized carbons (Fsp3) is 1.00.